The molecule has 34 heavy (non-hydrogen) atoms. The van der Waals surface area contributed by atoms with Crippen molar-refractivity contribution < 1.29 is 23.7 Å². The Kier molecular flexibility index (Phi) is 7.43. The van der Waals surface area contributed by atoms with E-state index < -0.39 is 0 Å². The number of fused-ring (bicyclic) bond motifs is 1. The minimum absolute atomic E-state index is 0.158. The van der Waals surface area contributed by atoms with Crippen LogP contribution in [0.1, 0.15) is 11.3 Å². The van der Waals surface area contributed by atoms with Gasteiger partial charge in [-0.25, -0.2) is 9.97 Å². The lowest BCUT2D eigenvalue weighted by Gasteiger charge is -2.32. The third kappa shape index (κ3) is 5.37. The van der Waals surface area contributed by atoms with E-state index in [-0.39, 0.29) is 24.6 Å². The number of rotatable bonds is 8. The van der Waals surface area contributed by atoms with Gasteiger partial charge in [-0.1, -0.05) is 11.8 Å². The molecular weight excluding hydrogens is 462 g/mol. The van der Waals surface area contributed by atoms with Crippen molar-refractivity contribution >= 4 is 29.5 Å². The fourth-order valence-corrected chi connectivity index (χ4v) is 3.66. The summed E-state index contributed by atoms with van der Waals surface area (Å²) in [5, 5.41) is 5.01. The zero-order valence-electron chi connectivity index (χ0n) is 19.3. The van der Waals surface area contributed by atoms with Gasteiger partial charge in [-0.15, -0.1) is 5.10 Å². The van der Waals surface area contributed by atoms with Crippen LogP contribution in [-0.4, -0.2) is 93.2 Å². The number of ether oxygens (including phenoxy) is 4. The van der Waals surface area contributed by atoms with E-state index in [0.29, 0.717) is 48.0 Å². The minimum atomic E-state index is -0.294. The summed E-state index contributed by atoms with van der Waals surface area (Å²) in [4.78, 5) is 31.4. The first kappa shape index (κ1) is 23.7. The van der Waals surface area contributed by atoms with Crippen molar-refractivity contribution in [2.45, 2.75) is 18.2 Å². The number of amides is 1. The number of morpholine rings is 1. The average molecular weight is 488 g/mol. The number of aryl methyl sites for hydroxylation is 1. The molecule has 1 fully saturated rings. The van der Waals surface area contributed by atoms with Gasteiger partial charge in [0.25, 0.3) is 5.78 Å². The van der Waals surface area contributed by atoms with Gasteiger partial charge in [-0.3, -0.25) is 4.79 Å². The van der Waals surface area contributed by atoms with Crippen molar-refractivity contribution in [3.63, 3.8) is 0 Å². The highest BCUT2D eigenvalue weighted by Crippen LogP contribution is 2.20. The van der Waals surface area contributed by atoms with Crippen LogP contribution in [0.15, 0.2) is 23.5 Å². The van der Waals surface area contributed by atoms with Gasteiger partial charge in [-0.2, -0.15) is 14.5 Å². The third-order valence-corrected chi connectivity index (χ3v) is 5.52. The summed E-state index contributed by atoms with van der Waals surface area (Å²) in [5.41, 5.74) is 1.34. The lowest BCUT2D eigenvalue weighted by molar-refractivity contribution is -0.134. The lowest BCUT2D eigenvalue weighted by Crippen LogP contribution is -2.47. The van der Waals surface area contributed by atoms with Gasteiger partial charge in [0, 0.05) is 30.6 Å². The van der Waals surface area contributed by atoms with Crippen molar-refractivity contribution in [3.8, 4) is 17.8 Å². The predicted molar refractivity (Wildman–Crippen MR) is 123 cm³/mol. The van der Waals surface area contributed by atoms with E-state index in [4.69, 9.17) is 18.9 Å². The van der Waals surface area contributed by atoms with E-state index in [1.807, 2.05) is 13.2 Å². The molecule has 4 rings (SSSR count). The molecule has 0 aromatic carbocycles. The average Bonchev–Trinajstić information content (AvgIpc) is 3.29. The van der Waals surface area contributed by atoms with Gasteiger partial charge < -0.3 is 23.8 Å². The zero-order valence-corrected chi connectivity index (χ0v) is 20.1. The first-order valence-electron chi connectivity index (χ1n) is 10.5. The van der Waals surface area contributed by atoms with Crippen LogP contribution < -0.4 is 14.2 Å². The summed E-state index contributed by atoms with van der Waals surface area (Å²) in [5.74, 6) is 1.16. The molecule has 1 saturated heterocycles. The van der Waals surface area contributed by atoms with Gasteiger partial charge in [0.2, 0.25) is 22.8 Å². The first-order chi connectivity index (χ1) is 16.5. The number of nitrogens with zero attached hydrogens (tertiary/aromatic N) is 7. The molecule has 180 valence electrons. The largest absolute Gasteiger partial charge is 0.480 e. The van der Waals surface area contributed by atoms with Gasteiger partial charge in [-0.05, 0) is 19.3 Å². The van der Waals surface area contributed by atoms with E-state index >= 15 is 0 Å². The van der Waals surface area contributed by atoms with Crippen molar-refractivity contribution in [3.05, 3.63) is 29.6 Å². The van der Waals surface area contributed by atoms with E-state index in [1.54, 1.807) is 21.6 Å². The van der Waals surface area contributed by atoms with E-state index in [1.165, 1.54) is 38.3 Å². The Morgan fingerprint density at radius 3 is 2.91 bits per heavy atom. The molecule has 3 aromatic heterocycles. The Bertz CT molecular complexity index is 1200. The molecular formula is C21H25N7O5S. The molecule has 0 aliphatic carbocycles. The van der Waals surface area contributed by atoms with E-state index in [2.05, 4.69) is 25.0 Å². The van der Waals surface area contributed by atoms with Gasteiger partial charge in [0.15, 0.2) is 0 Å². The molecule has 0 N–H and O–H groups in total. The number of hydrogen-bond donors (Lipinski definition) is 0. The molecule has 0 spiro atoms. The molecule has 1 unspecified atom stereocenters. The van der Waals surface area contributed by atoms with Crippen LogP contribution in [0.5, 0.6) is 17.8 Å². The maximum atomic E-state index is 12.8. The van der Waals surface area contributed by atoms with Crippen LogP contribution >= 0.6 is 11.8 Å². The highest BCUT2D eigenvalue weighted by molar-refractivity contribution is 7.98. The molecule has 0 bridgehead atoms. The summed E-state index contributed by atoms with van der Waals surface area (Å²) in [6.07, 6.45) is 6.22. The maximum Gasteiger partial charge on any atom is 0.319 e. The monoisotopic (exact) mass is 487 g/mol. The molecule has 0 saturated carbocycles. The number of hydrogen-bond acceptors (Lipinski definition) is 11. The molecule has 1 atom stereocenters. The molecule has 4 heterocycles. The van der Waals surface area contributed by atoms with Crippen LogP contribution in [0.25, 0.3) is 11.9 Å². The molecule has 13 heteroatoms. The number of aromatic nitrogens is 6. The summed E-state index contributed by atoms with van der Waals surface area (Å²) in [6.45, 7) is 3.40. The second-order valence-corrected chi connectivity index (χ2v) is 8.06. The fraction of sp³-hybridized carbons (Fsp3) is 0.429. The van der Waals surface area contributed by atoms with E-state index in [0.717, 1.165) is 5.69 Å². The Morgan fingerprint density at radius 2 is 2.15 bits per heavy atom. The highest BCUT2D eigenvalue weighted by atomic mass is 32.2. The van der Waals surface area contributed by atoms with Crippen LogP contribution in [0.4, 0.5) is 0 Å². The van der Waals surface area contributed by atoms with Crippen molar-refractivity contribution in [1.82, 2.24) is 34.4 Å². The summed E-state index contributed by atoms with van der Waals surface area (Å²) in [7, 11) is 2.96. The molecule has 12 nitrogen and oxygen atoms in total. The SMILES string of the molecule is COc1ncc(C=CC(=O)N2CCOC(COc3cc(C)nc4nc(SC)nn34)C2)c(OC)n1. The molecule has 1 amide bonds. The predicted octanol–water partition coefficient (Wildman–Crippen LogP) is 1.28. The zero-order chi connectivity index (χ0) is 24.1. The fourth-order valence-electron chi connectivity index (χ4n) is 3.33. The van der Waals surface area contributed by atoms with Gasteiger partial charge in [0.05, 0.1) is 32.9 Å². The van der Waals surface area contributed by atoms with Gasteiger partial charge >= 0.3 is 6.01 Å². The standard InChI is InChI=1S/C21H25N7O5S/c1-13-9-17(28-19(23-13)25-21(26-28)34-4)33-12-15-11-27(7-8-32-15)16(29)6-5-14-10-22-20(31-3)24-18(14)30-2/h5-6,9-10,15H,7-8,11-12H2,1-4H3. The number of methoxy groups -OCH3 is 2. The third-order valence-electron chi connectivity index (χ3n) is 4.98. The van der Waals surface area contributed by atoms with Crippen molar-refractivity contribution in [2.24, 2.45) is 0 Å². The van der Waals surface area contributed by atoms with Crippen LogP contribution in [0.2, 0.25) is 0 Å². The van der Waals surface area contributed by atoms with Crippen LogP contribution in [0, 0.1) is 6.92 Å². The quantitative estimate of drug-likeness (QED) is 0.337. The second kappa shape index (κ2) is 10.7. The lowest BCUT2D eigenvalue weighted by atomic mass is 10.2. The number of carbonyl (C=O) groups is 1. The molecule has 3 aromatic rings. The van der Waals surface area contributed by atoms with Crippen molar-refractivity contribution in [1.29, 1.82) is 0 Å². The number of thioether (sulfide) groups is 1. The summed E-state index contributed by atoms with van der Waals surface area (Å²) >= 11 is 1.43. The van der Waals surface area contributed by atoms with Gasteiger partial charge in [0.1, 0.15) is 12.7 Å². The summed E-state index contributed by atoms with van der Waals surface area (Å²) < 4.78 is 23.6. The summed E-state index contributed by atoms with van der Waals surface area (Å²) in [6, 6.07) is 1.98. The number of carbonyl (C=O) groups excluding carboxylic acids is 1. The Labute approximate surface area is 200 Å². The normalized spacial score (nSPS) is 16.2. The smallest absolute Gasteiger partial charge is 0.319 e. The van der Waals surface area contributed by atoms with E-state index in [9.17, 15) is 4.79 Å². The Hall–Kier alpha value is -3.45. The Morgan fingerprint density at radius 1 is 1.29 bits per heavy atom. The maximum absolute atomic E-state index is 12.8. The van der Waals surface area contributed by atoms with Crippen molar-refractivity contribution in [2.75, 3.05) is 46.8 Å². The molecule has 1 aliphatic rings. The minimum Gasteiger partial charge on any atom is -0.480 e. The topological polar surface area (TPSA) is 126 Å². The second-order valence-electron chi connectivity index (χ2n) is 7.29. The first-order valence-corrected chi connectivity index (χ1v) is 11.7. The molecule has 1 aliphatic heterocycles. The van der Waals surface area contributed by atoms with Crippen LogP contribution in [0.3, 0.4) is 0 Å². The Balaban J connectivity index is 1.39. The molecule has 0 radical (unpaired) electrons. The highest BCUT2D eigenvalue weighted by Gasteiger charge is 2.24. The van der Waals surface area contributed by atoms with Crippen LogP contribution in [-0.2, 0) is 9.53 Å².